The van der Waals surface area contributed by atoms with Crippen molar-refractivity contribution in [1.82, 2.24) is 5.43 Å². The highest BCUT2D eigenvalue weighted by molar-refractivity contribution is 5.64. The fraction of sp³-hybridized carbons (Fsp3) is 0.400. The SMILES string of the molecule is CCC(C)NNc1ccccc1N. The number of rotatable bonds is 4. The van der Waals surface area contributed by atoms with Crippen LogP contribution in [0.3, 0.4) is 0 Å². The Balaban J connectivity index is 2.50. The quantitative estimate of drug-likeness (QED) is 0.489. The molecule has 0 saturated carbocycles. The number of nitrogens with one attached hydrogen (secondary N) is 2. The van der Waals surface area contributed by atoms with Crippen LogP contribution in [0.2, 0.25) is 0 Å². The second kappa shape index (κ2) is 4.72. The fourth-order valence-corrected chi connectivity index (χ4v) is 0.914. The number of hydrazine groups is 1. The van der Waals surface area contributed by atoms with E-state index in [-0.39, 0.29) is 0 Å². The van der Waals surface area contributed by atoms with Gasteiger partial charge in [0, 0.05) is 6.04 Å². The van der Waals surface area contributed by atoms with Crippen molar-refractivity contribution in [2.45, 2.75) is 26.3 Å². The van der Waals surface area contributed by atoms with Gasteiger partial charge in [-0.05, 0) is 25.5 Å². The lowest BCUT2D eigenvalue weighted by molar-refractivity contribution is 0.588. The molecule has 0 amide bonds. The van der Waals surface area contributed by atoms with Crippen LogP contribution in [0.15, 0.2) is 24.3 Å². The second-order valence-electron chi connectivity index (χ2n) is 3.17. The summed E-state index contributed by atoms with van der Waals surface area (Å²) in [6.07, 6.45) is 1.08. The first-order chi connectivity index (χ1) is 6.24. The van der Waals surface area contributed by atoms with E-state index >= 15 is 0 Å². The number of para-hydroxylation sites is 2. The van der Waals surface area contributed by atoms with Crippen molar-refractivity contribution in [3.63, 3.8) is 0 Å². The minimum absolute atomic E-state index is 0.444. The third-order valence-electron chi connectivity index (χ3n) is 2.03. The number of nitrogen functional groups attached to an aromatic ring is 1. The van der Waals surface area contributed by atoms with Gasteiger partial charge in [0.15, 0.2) is 0 Å². The molecule has 1 rings (SSSR count). The maximum absolute atomic E-state index is 5.75. The van der Waals surface area contributed by atoms with Crippen LogP contribution in [-0.2, 0) is 0 Å². The van der Waals surface area contributed by atoms with Gasteiger partial charge in [0.25, 0.3) is 0 Å². The first-order valence-corrected chi connectivity index (χ1v) is 4.60. The molecule has 1 unspecified atom stereocenters. The van der Waals surface area contributed by atoms with Gasteiger partial charge in [-0.1, -0.05) is 19.1 Å². The molecule has 3 nitrogen and oxygen atoms in total. The average Bonchev–Trinajstić information content (AvgIpc) is 2.16. The summed E-state index contributed by atoms with van der Waals surface area (Å²) in [6, 6.07) is 8.14. The van der Waals surface area contributed by atoms with E-state index in [1.165, 1.54) is 0 Å². The molecule has 0 bridgehead atoms. The molecule has 0 heterocycles. The predicted molar refractivity (Wildman–Crippen MR) is 57.4 cm³/mol. The lowest BCUT2D eigenvalue weighted by Gasteiger charge is -2.14. The van der Waals surface area contributed by atoms with Gasteiger partial charge >= 0.3 is 0 Å². The maximum Gasteiger partial charge on any atom is 0.0718 e. The molecule has 1 aromatic rings. The van der Waals surface area contributed by atoms with Crippen LogP contribution in [-0.4, -0.2) is 6.04 Å². The smallest absolute Gasteiger partial charge is 0.0718 e. The van der Waals surface area contributed by atoms with Gasteiger partial charge in [0.05, 0.1) is 11.4 Å². The molecule has 72 valence electrons. The Morgan fingerprint density at radius 3 is 2.69 bits per heavy atom. The molecule has 0 radical (unpaired) electrons. The zero-order valence-electron chi connectivity index (χ0n) is 8.17. The van der Waals surface area contributed by atoms with E-state index in [0.717, 1.165) is 17.8 Å². The summed E-state index contributed by atoms with van der Waals surface area (Å²) in [5.74, 6) is 0. The van der Waals surface area contributed by atoms with Crippen LogP contribution in [0.4, 0.5) is 11.4 Å². The van der Waals surface area contributed by atoms with E-state index in [4.69, 9.17) is 5.73 Å². The molecule has 1 aromatic carbocycles. The molecule has 3 heteroatoms. The normalized spacial score (nSPS) is 12.5. The van der Waals surface area contributed by atoms with E-state index < -0.39 is 0 Å². The minimum atomic E-state index is 0.444. The van der Waals surface area contributed by atoms with Gasteiger partial charge < -0.3 is 11.2 Å². The maximum atomic E-state index is 5.75. The van der Waals surface area contributed by atoms with Gasteiger partial charge in [0.1, 0.15) is 0 Å². The van der Waals surface area contributed by atoms with E-state index in [0.29, 0.717) is 6.04 Å². The van der Waals surface area contributed by atoms with Crippen LogP contribution in [0.25, 0.3) is 0 Å². The van der Waals surface area contributed by atoms with Crippen molar-refractivity contribution in [1.29, 1.82) is 0 Å². The number of hydrogen-bond donors (Lipinski definition) is 3. The fourth-order valence-electron chi connectivity index (χ4n) is 0.914. The van der Waals surface area contributed by atoms with Crippen molar-refractivity contribution in [2.75, 3.05) is 11.2 Å². The first kappa shape index (κ1) is 9.86. The molecule has 13 heavy (non-hydrogen) atoms. The van der Waals surface area contributed by atoms with Crippen LogP contribution in [0.5, 0.6) is 0 Å². The summed E-state index contributed by atoms with van der Waals surface area (Å²) in [4.78, 5) is 0. The lowest BCUT2D eigenvalue weighted by atomic mass is 10.2. The van der Waals surface area contributed by atoms with Crippen LogP contribution in [0, 0.1) is 0 Å². The predicted octanol–water partition coefficient (Wildman–Crippen LogP) is 1.98. The van der Waals surface area contributed by atoms with Gasteiger partial charge in [0.2, 0.25) is 0 Å². The average molecular weight is 179 g/mol. The Morgan fingerprint density at radius 2 is 2.08 bits per heavy atom. The zero-order valence-corrected chi connectivity index (χ0v) is 8.17. The van der Waals surface area contributed by atoms with E-state index in [2.05, 4.69) is 24.7 Å². The van der Waals surface area contributed by atoms with Crippen LogP contribution in [0.1, 0.15) is 20.3 Å². The number of nitrogens with two attached hydrogens (primary N) is 1. The highest BCUT2D eigenvalue weighted by Crippen LogP contribution is 2.15. The number of benzene rings is 1. The molecule has 0 spiro atoms. The number of anilines is 2. The molecule has 0 aliphatic carbocycles. The molecule has 4 N–H and O–H groups in total. The largest absolute Gasteiger partial charge is 0.397 e. The summed E-state index contributed by atoms with van der Waals surface area (Å²) in [7, 11) is 0. The monoisotopic (exact) mass is 179 g/mol. The van der Waals surface area contributed by atoms with Gasteiger partial charge in [-0.25, -0.2) is 5.43 Å². The molecular weight excluding hydrogens is 162 g/mol. The Bertz CT molecular complexity index is 260. The Kier molecular flexibility index (Phi) is 3.58. The zero-order chi connectivity index (χ0) is 9.68. The van der Waals surface area contributed by atoms with Crippen LogP contribution >= 0.6 is 0 Å². The van der Waals surface area contributed by atoms with Crippen molar-refractivity contribution in [3.8, 4) is 0 Å². The second-order valence-corrected chi connectivity index (χ2v) is 3.17. The summed E-state index contributed by atoms with van der Waals surface area (Å²) < 4.78 is 0. The topological polar surface area (TPSA) is 50.1 Å². The standard InChI is InChI=1S/C10H17N3/c1-3-8(2)12-13-10-7-5-4-6-9(10)11/h4-8,12-13H,3,11H2,1-2H3. The molecule has 0 fully saturated rings. The molecule has 0 aliphatic rings. The van der Waals surface area contributed by atoms with E-state index in [1.54, 1.807) is 0 Å². The van der Waals surface area contributed by atoms with Gasteiger partial charge in [-0.2, -0.15) is 0 Å². The highest BCUT2D eigenvalue weighted by atomic mass is 15.4. The summed E-state index contributed by atoms with van der Waals surface area (Å²) in [5.41, 5.74) is 13.7. The Morgan fingerprint density at radius 1 is 1.38 bits per heavy atom. The summed E-state index contributed by atoms with van der Waals surface area (Å²) in [5, 5.41) is 0. The molecule has 0 saturated heterocycles. The van der Waals surface area contributed by atoms with Crippen LogP contribution < -0.4 is 16.6 Å². The Labute approximate surface area is 79.3 Å². The van der Waals surface area contributed by atoms with E-state index in [1.807, 2.05) is 24.3 Å². The lowest BCUT2D eigenvalue weighted by Crippen LogP contribution is -2.31. The first-order valence-electron chi connectivity index (χ1n) is 4.60. The van der Waals surface area contributed by atoms with Crippen molar-refractivity contribution < 1.29 is 0 Å². The number of hydrogen-bond acceptors (Lipinski definition) is 3. The summed E-state index contributed by atoms with van der Waals surface area (Å²) >= 11 is 0. The third-order valence-corrected chi connectivity index (χ3v) is 2.03. The molecular formula is C10H17N3. The van der Waals surface area contributed by atoms with Gasteiger partial charge in [-0.3, -0.25) is 0 Å². The minimum Gasteiger partial charge on any atom is -0.397 e. The van der Waals surface area contributed by atoms with Crippen molar-refractivity contribution >= 4 is 11.4 Å². The highest BCUT2D eigenvalue weighted by Gasteiger charge is 1.98. The Hall–Kier alpha value is -1.22. The molecule has 1 atom stereocenters. The van der Waals surface area contributed by atoms with Gasteiger partial charge in [-0.15, -0.1) is 0 Å². The third kappa shape index (κ3) is 2.95. The van der Waals surface area contributed by atoms with Crippen molar-refractivity contribution in [3.05, 3.63) is 24.3 Å². The molecule has 0 aliphatic heterocycles. The summed E-state index contributed by atoms with van der Waals surface area (Å²) in [6.45, 7) is 4.25. The van der Waals surface area contributed by atoms with Crippen molar-refractivity contribution in [2.24, 2.45) is 0 Å². The molecule has 0 aromatic heterocycles. The van der Waals surface area contributed by atoms with E-state index in [9.17, 15) is 0 Å².